The number of piperidine rings is 1. The summed E-state index contributed by atoms with van der Waals surface area (Å²) >= 11 is 31.7. The lowest BCUT2D eigenvalue weighted by Gasteiger charge is -2.28. The Bertz CT molecular complexity index is 5470. The summed E-state index contributed by atoms with van der Waals surface area (Å²) < 4.78 is 16.0. The Morgan fingerprint density at radius 2 is 0.627 bits per heavy atom. The summed E-state index contributed by atoms with van der Waals surface area (Å²) in [5.74, 6) is -0.575. The van der Waals surface area contributed by atoms with Gasteiger partial charge in [0, 0.05) is 196 Å². The lowest BCUT2D eigenvalue weighted by atomic mass is 9.83. The number of thiophene rings is 5. The van der Waals surface area contributed by atoms with Gasteiger partial charge in [-0.3, -0.25) is 84.5 Å². The maximum absolute atomic E-state index is 12.9. The fraction of sp³-hybridized carbons (Fsp3) is 0.449. The van der Waals surface area contributed by atoms with Crippen molar-refractivity contribution in [1.82, 2.24) is 29.4 Å². The highest BCUT2D eigenvalue weighted by Crippen LogP contribution is 2.46. The van der Waals surface area contributed by atoms with Crippen LogP contribution in [0.1, 0.15) is 187 Å². The monoisotopic (exact) mass is 2180 g/mol. The van der Waals surface area contributed by atoms with Crippen LogP contribution in [0, 0.1) is 0 Å². The van der Waals surface area contributed by atoms with Gasteiger partial charge in [0.25, 0.3) is 11.8 Å². The van der Waals surface area contributed by atoms with Gasteiger partial charge in [-0.1, -0.05) is 137 Å². The number of hydrogen-bond donors (Lipinski definition) is 7. The molecule has 0 radical (unpaired) electrons. The highest BCUT2D eigenvalue weighted by atomic mass is 35.5. The van der Waals surface area contributed by atoms with Gasteiger partial charge in [0.15, 0.2) is 0 Å². The van der Waals surface area contributed by atoms with E-state index in [9.17, 15) is 33.6 Å². The van der Waals surface area contributed by atoms with Crippen LogP contribution in [0.2, 0.25) is 20.1 Å². The quantitative estimate of drug-likeness (QED) is 0.0472. The smallest absolute Gasteiger partial charge is 0.373 e. The Morgan fingerprint density at radius 3 is 0.923 bits per heavy atom. The number of carbonyl (C=O) groups excluding carboxylic acids is 13. The molecule has 10 amide bonds. The second-order valence-electron chi connectivity index (χ2n) is 34.3. The van der Waals surface area contributed by atoms with Crippen molar-refractivity contribution in [3.05, 3.63) is 198 Å². The molecule has 6 aliphatic rings. The molecule has 5 aromatic heterocycles. The molecule has 0 bridgehead atoms. The topological polar surface area (TPSA) is 380 Å². The number of amides is 10. The second kappa shape index (κ2) is 62.9. The molecule has 1 saturated heterocycles. The second-order valence-corrected chi connectivity index (χ2v) is 41.7. The molecule has 30 nitrogen and oxygen atoms in total. The van der Waals surface area contributed by atoms with Crippen molar-refractivity contribution < 1.29 is 76.2 Å². The first-order valence-corrected chi connectivity index (χ1v) is 50.4. The molecule has 44 heteroatoms. The molecular weight excluding hydrogens is 2050 g/mol. The normalized spacial score (nSPS) is 13.9. The van der Waals surface area contributed by atoms with Gasteiger partial charge in [0.1, 0.15) is 20.8 Å². The standard InChI is InChI=1S/C21H28ClN3OS.2C18H21ClN4O2S.C17H20ClN3OS.C13H22N2S.C7H13NO.3CO2.CH4.2ClH.F2.FH/c1-6-25-12-11-16-17(13-25)27-19(18(16)21(2,3)4)23-20(26)24(5)15-9-7-14(22)8-10-15;2*1-3-23-9-8-13-14(10-23)26-17(15(13)16(20)24)21-18(25)22(2)12-6-4-11(19)5-7-12;1-3-21-9-8-12-10-16(23-15(12)11-21)19-17(22)20(2)14-6-4-13(18)5-7-14;1-5-15-7-6-9-10(8-15)16-12(14)11(9)13(2,3)4;1-2-8-5-3-7(9)4-6-8;3*2-1-3;;;;1-2;/h7-10H,6,11-13H2,1-5H3,(H,23,26);2*4-7H,3,8-10H2,1-2H3,(H2,20,24)(H,21,25);4-7,10H,3,8-9,11H2,1-2H3,(H,19,22);5-8,14H2,1-4H3;2-6H2,1H3;;;;1H4;2*1H;;1H. The first-order valence-electron chi connectivity index (χ1n) is 44.8. The fourth-order valence-electron chi connectivity index (χ4n) is 16.0. The van der Waals surface area contributed by atoms with Gasteiger partial charge < -0.3 is 22.1 Å². The molecule has 142 heavy (non-hydrogen) atoms. The molecule has 11 heterocycles. The molecule has 4 aromatic carbocycles. The van der Waals surface area contributed by atoms with E-state index in [-0.39, 0.29) is 90.4 Å². The number of nitrogen functional groups attached to an aromatic ring is 1. The third-order valence-electron chi connectivity index (χ3n) is 23.6. The number of ketones is 1. The maximum atomic E-state index is 12.9. The summed E-state index contributed by atoms with van der Waals surface area (Å²) in [6.45, 7) is 44.4. The van der Waals surface area contributed by atoms with Crippen LogP contribution in [-0.2, 0) is 109 Å². The third kappa shape index (κ3) is 37.4. The van der Waals surface area contributed by atoms with Crippen molar-refractivity contribution in [3.63, 3.8) is 0 Å². The molecule has 15 rings (SSSR count). The fourth-order valence-corrected chi connectivity index (χ4v) is 23.1. The lowest BCUT2D eigenvalue weighted by molar-refractivity contribution is -0.193. The number of anilines is 9. The number of carbonyl (C=O) groups is 7. The molecule has 0 unspecified atom stereocenters. The number of benzene rings is 4. The average molecular weight is 2190 g/mol. The lowest BCUT2D eigenvalue weighted by Crippen LogP contribution is -2.33. The highest BCUT2D eigenvalue weighted by molar-refractivity contribution is 7.18. The first-order chi connectivity index (χ1) is 65.6. The predicted molar refractivity (Wildman–Crippen MR) is 577 cm³/mol. The molecule has 1 fully saturated rings. The Kier molecular flexibility index (Phi) is 56.8. The zero-order chi connectivity index (χ0) is 103. The van der Waals surface area contributed by atoms with Crippen molar-refractivity contribution in [2.45, 2.75) is 179 Å². The summed E-state index contributed by atoms with van der Waals surface area (Å²) in [6, 6.07) is 29.6. The number of nitrogens with zero attached hydrogens (tertiary/aromatic N) is 10. The van der Waals surface area contributed by atoms with E-state index in [0.29, 0.717) is 58.4 Å². The summed E-state index contributed by atoms with van der Waals surface area (Å²) in [5, 5.41) is 18.4. The zero-order valence-corrected chi connectivity index (χ0v) is 90.8. The van der Waals surface area contributed by atoms with E-state index in [1.165, 1.54) is 82.3 Å². The molecule has 9 aromatic rings. The minimum absolute atomic E-state index is 0. The van der Waals surface area contributed by atoms with Crippen LogP contribution in [0.25, 0.3) is 0 Å². The van der Waals surface area contributed by atoms with Gasteiger partial charge in [-0.15, -0.1) is 81.5 Å². The first kappa shape index (κ1) is 128. The summed E-state index contributed by atoms with van der Waals surface area (Å²) in [5.41, 5.74) is 30.5. The molecule has 0 atom stereocenters. The van der Waals surface area contributed by atoms with Gasteiger partial charge in [0.2, 0.25) is 0 Å². The number of halogens is 9. The largest absolute Gasteiger partial charge is 0.390 e. The minimum Gasteiger partial charge on any atom is -0.390 e. The van der Waals surface area contributed by atoms with Crippen LogP contribution in [0.5, 0.6) is 0 Å². The van der Waals surface area contributed by atoms with Crippen molar-refractivity contribution in [2.24, 2.45) is 11.5 Å². The SMILES string of the molecule is C.CCN1CCC(=O)CC1.CCN1CCc2c(sc(N)c2C(C)(C)C)C1.CCN1CCc2c(sc(NC(=O)N(C)c3ccc(Cl)cc3)c2C(C)(C)C)C1.CCN1CCc2c(sc(NC(=O)N(C)c3ccc(Cl)cc3)c2C(N)=O)C1.CCN1CCc2c(sc(NC(=O)N(C)c3ccc(Cl)cc3)c2C(N)=O)C1.CCN1CCc2cc(NC(=O)N(C)c3ccc(Cl)cc3)sc2C1.Cl.Cl.F.FF.O=C=O.O=C=O.O=C=O. The predicted octanol–water partition coefficient (Wildman–Crippen LogP) is 21.7. The number of likely N-dealkylation sites (tertiary alicyclic amines) is 1. The van der Waals surface area contributed by atoms with Gasteiger partial charge in [0.05, 0.1) is 21.1 Å². The highest BCUT2D eigenvalue weighted by Gasteiger charge is 2.35. The van der Waals surface area contributed by atoms with Crippen molar-refractivity contribution in [3.8, 4) is 0 Å². The molecule has 10 N–H and O–H groups in total. The summed E-state index contributed by atoms with van der Waals surface area (Å²) in [6.07, 6.45) is 7.10. The van der Waals surface area contributed by atoms with Gasteiger partial charge in [-0.2, -0.15) is 28.8 Å². The van der Waals surface area contributed by atoms with Crippen molar-refractivity contribution in [1.29, 1.82) is 0 Å². The van der Waals surface area contributed by atoms with Crippen LogP contribution < -0.4 is 58.1 Å². The summed E-state index contributed by atoms with van der Waals surface area (Å²) in [4.78, 5) is 161. The van der Waals surface area contributed by atoms with E-state index in [1.54, 1.807) is 150 Å². The number of hydrogen-bond acceptors (Lipinski definition) is 25. The molecular formula is C98H132Cl6F3N17O13S5. The Morgan fingerprint density at radius 1 is 0.380 bits per heavy atom. The number of likely N-dealkylation sites (N-methyl/N-ethyl adjacent to an activating group) is 5. The Hall–Kier alpha value is -9.70. The van der Waals surface area contributed by atoms with Gasteiger partial charge in [-0.05, 0) is 224 Å². The van der Waals surface area contributed by atoms with Crippen molar-refractivity contribution >= 4 is 236 Å². The number of rotatable bonds is 16. The van der Waals surface area contributed by atoms with Crippen LogP contribution in [0.3, 0.4) is 0 Å². The van der Waals surface area contributed by atoms with Gasteiger partial charge in [-0.25, -0.2) is 19.2 Å². The van der Waals surface area contributed by atoms with Crippen LogP contribution in [0.15, 0.2) is 103 Å². The minimum atomic E-state index is -0.503. The maximum Gasteiger partial charge on any atom is 0.373 e. The van der Waals surface area contributed by atoms with E-state index in [4.69, 9.17) is 102 Å². The number of nitrogens with two attached hydrogens (primary N) is 3. The number of urea groups is 4. The van der Waals surface area contributed by atoms with Crippen LogP contribution >= 0.6 is 128 Å². The third-order valence-corrected chi connectivity index (χ3v) is 30.1. The molecule has 0 saturated carbocycles. The van der Waals surface area contributed by atoms with Gasteiger partial charge >= 0.3 is 42.6 Å². The van der Waals surface area contributed by atoms with Crippen LogP contribution in [-0.4, -0.2) is 203 Å². The molecule has 780 valence electrons. The van der Waals surface area contributed by atoms with Crippen LogP contribution in [0.4, 0.5) is 80.8 Å². The number of Topliss-reactive ketones (excluding diaryl/α,β-unsaturated/α-hetero) is 1. The van der Waals surface area contributed by atoms with E-state index >= 15 is 0 Å². The Balaban J connectivity index is 0.000000571. The molecule has 6 aliphatic heterocycles. The Labute approximate surface area is 882 Å². The number of fused-ring (bicyclic) bond motifs is 5. The average Bonchev–Trinajstić information content (AvgIpc) is 1.62. The van der Waals surface area contributed by atoms with E-state index in [1.807, 2.05) is 24.3 Å². The summed E-state index contributed by atoms with van der Waals surface area (Å²) in [7, 11) is 6.86. The number of nitrogens with one attached hydrogen (secondary N) is 4. The van der Waals surface area contributed by atoms with E-state index in [0.717, 1.165) is 197 Å². The number of primary amides is 2. The van der Waals surface area contributed by atoms with E-state index < -0.39 is 11.8 Å². The zero-order valence-electron chi connectivity index (χ0n) is 82.0. The van der Waals surface area contributed by atoms with Crippen molar-refractivity contribution in [2.75, 3.05) is 160 Å². The van der Waals surface area contributed by atoms with E-state index in [2.05, 4.69) is 140 Å². The molecule has 0 spiro atoms. The molecule has 0 aliphatic carbocycles.